The highest BCUT2D eigenvalue weighted by Crippen LogP contribution is 2.09. The van der Waals surface area contributed by atoms with Gasteiger partial charge in [-0.25, -0.2) is 4.98 Å². The van der Waals surface area contributed by atoms with Crippen molar-refractivity contribution < 1.29 is 4.39 Å². The van der Waals surface area contributed by atoms with Gasteiger partial charge in [-0.15, -0.1) is 0 Å². The Morgan fingerprint density at radius 2 is 1.86 bits per heavy atom. The van der Waals surface area contributed by atoms with Crippen LogP contribution in [0.5, 0.6) is 0 Å². The van der Waals surface area contributed by atoms with Gasteiger partial charge in [-0.05, 0) is 17.7 Å². The van der Waals surface area contributed by atoms with E-state index in [9.17, 15) is 4.39 Å². The van der Waals surface area contributed by atoms with Crippen LogP contribution in [0, 0.1) is 5.95 Å². The van der Waals surface area contributed by atoms with Crippen molar-refractivity contribution in [3.63, 3.8) is 0 Å². The summed E-state index contributed by atoms with van der Waals surface area (Å²) in [6.45, 7) is 1.38. The van der Waals surface area contributed by atoms with Crippen LogP contribution >= 0.6 is 0 Å². The van der Waals surface area contributed by atoms with Gasteiger partial charge in [0.1, 0.15) is 0 Å². The molecule has 0 fully saturated rings. The lowest BCUT2D eigenvalue weighted by atomic mass is 10.2. The van der Waals surface area contributed by atoms with Crippen LogP contribution in [0.15, 0.2) is 61.1 Å². The Labute approximate surface area is 122 Å². The zero-order valence-corrected chi connectivity index (χ0v) is 11.4. The van der Waals surface area contributed by atoms with Crippen LogP contribution < -0.4 is 5.32 Å². The van der Waals surface area contributed by atoms with E-state index in [4.69, 9.17) is 0 Å². The number of benzene rings is 1. The van der Waals surface area contributed by atoms with Gasteiger partial charge in [-0.3, -0.25) is 4.68 Å². The van der Waals surface area contributed by atoms with Crippen molar-refractivity contribution >= 4 is 5.69 Å². The topological polar surface area (TPSA) is 42.7 Å². The molecule has 0 unspecified atom stereocenters. The molecule has 0 saturated heterocycles. The lowest BCUT2D eigenvalue weighted by molar-refractivity contribution is 0.584. The number of nitrogens with zero attached hydrogens (tertiary/aromatic N) is 3. The molecule has 0 saturated carbocycles. The quantitative estimate of drug-likeness (QED) is 0.731. The van der Waals surface area contributed by atoms with Gasteiger partial charge in [0, 0.05) is 18.3 Å². The highest BCUT2D eigenvalue weighted by atomic mass is 19.1. The zero-order valence-electron chi connectivity index (χ0n) is 11.4. The lowest BCUT2D eigenvalue weighted by Crippen LogP contribution is -2.01. The molecule has 21 heavy (non-hydrogen) atoms. The van der Waals surface area contributed by atoms with Gasteiger partial charge in [0.05, 0.1) is 24.6 Å². The monoisotopic (exact) mass is 282 g/mol. The number of hydrogen-bond donors (Lipinski definition) is 1. The Kier molecular flexibility index (Phi) is 3.91. The molecule has 0 amide bonds. The molecular formula is C16H15FN4. The van der Waals surface area contributed by atoms with E-state index in [2.05, 4.69) is 27.5 Å². The molecule has 1 aromatic carbocycles. The fourth-order valence-electron chi connectivity index (χ4n) is 2.04. The van der Waals surface area contributed by atoms with Crippen LogP contribution in [-0.2, 0) is 13.1 Å². The zero-order chi connectivity index (χ0) is 14.5. The maximum Gasteiger partial charge on any atom is 0.212 e. The molecule has 1 N–H and O–H groups in total. The SMILES string of the molecule is Fc1ccc(NCc2cnn(Cc3ccccc3)c2)cn1. The van der Waals surface area contributed by atoms with E-state index in [1.807, 2.05) is 35.3 Å². The summed E-state index contributed by atoms with van der Waals surface area (Å²) in [6, 6.07) is 13.2. The van der Waals surface area contributed by atoms with Crippen LogP contribution in [0.2, 0.25) is 0 Å². The average Bonchev–Trinajstić information content (AvgIpc) is 2.95. The number of hydrogen-bond acceptors (Lipinski definition) is 3. The minimum atomic E-state index is -0.476. The Bertz CT molecular complexity index is 692. The summed E-state index contributed by atoms with van der Waals surface area (Å²) < 4.78 is 14.6. The molecule has 106 valence electrons. The molecule has 2 aromatic heterocycles. The summed E-state index contributed by atoms with van der Waals surface area (Å²) in [5.41, 5.74) is 3.06. The molecule has 0 atom stereocenters. The predicted octanol–water partition coefficient (Wildman–Crippen LogP) is 3.08. The molecule has 0 aliphatic heterocycles. The molecule has 2 heterocycles. The van der Waals surface area contributed by atoms with Crippen molar-refractivity contribution in [2.75, 3.05) is 5.32 Å². The second kappa shape index (κ2) is 6.17. The third-order valence-corrected chi connectivity index (χ3v) is 3.10. The maximum atomic E-state index is 12.7. The average molecular weight is 282 g/mol. The largest absolute Gasteiger partial charge is 0.380 e. The Balaban J connectivity index is 1.59. The molecule has 3 aromatic rings. The highest BCUT2D eigenvalue weighted by Gasteiger charge is 2.00. The van der Waals surface area contributed by atoms with E-state index in [0.717, 1.165) is 17.8 Å². The molecule has 3 rings (SSSR count). The Morgan fingerprint density at radius 3 is 2.62 bits per heavy atom. The summed E-state index contributed by atoms with van der Waals surface area (Å²) in [5, 5.41) is 7.52. The van der Waals surface area contributed by atoms with Gasteiger partial charge < -0.3 is 5.32 Å². The van der Waals surface area contributed by atoms with Crippen molar-refractivity contribution in [1.29, 1.82) is 0 Å². The molecule has 0 aliphatic carbocycles. The molecule has 4 nitrogen and oxygen atoms in total. The molecule has 0 bridgehead atoms. The molecular weight excluding hydrogens is 267 g/mol. The second-order valence-electron chi connectivity index (χ2n) is 4.75. The first-order valence-corrected chi connectivity index (χ1v) is 6.70. The summed E-state index contributed by atoms with van der Waals surface area (Å²) >= 11 is 0. The van der Waals surface area contributed by atoms with E-state index < -0.39 is 5.95 Å². The summed E-state index contributed by atoms with van der Waals surface area (Å²) in [5.74, 6) is -0.476. The Hall–Kier alpha value is -2.69. The summed E-state index contributed by atoms with van der Waals surface area (Å²) in [4.78, 5) is 3.60. The number of aromatic nitrogens is 3. The third kappa shape index (κ3) is 3.66. The standard InChI is InChI=1S/C16H15FN4/c17-16-7-6-15(10-19-16)18-8-14-9-20-21(12-14)11-13-4-2-1-3-5-13/h1-7,9-10,12,18H,8,11H2. The van der Waals surface area contributed by atoms with E-state index in [0.29, 0.717) is 6.54 Å². The van der Waals surface area contributed by atoms with Crippen molar-refractivity contribution in [2.45, 2.75) is 13.1 Å². The highest BCUT2D eigenvalue weighted by molar-refractivity contribution is 5.40. The normalized spacial score (nSPS) is 10.5. The van der Waals surface area contributed by atoms with Gasteiger partial charge in [0.25, 0.3) is 0 Å². The number of halogens is 1. The van der Waals surface area contributed by atoms with E-state index in [-0.39, 0.29) is 0 Å². The van der Waals surface area contributed by atoms with Crippen molar-refractivity contribution in [3.05, 3.63) is 78.1 Å². The van der Waals surface area contributed by atoms with Gasteiger partial charge in [0.15, 0.2) is 0 Å². The van der Waals surface area contributed by atoms with Crippen LogP contribution in [0.4, 0.5) is 10.1 Å². The third-order valence-electron chi connectivity index (χ3n) is 3.10. The van der Waals surface area contributed by atoms with Crippen LogP contribution in [-0.4, -0.2) is 14.8 Å². The fourth-order valence-corrected chi connectivity index (χ4v) is 2.04. The minimum absolute atomic E-state index is 0.476. The van der Waals surface area contributed by atoms with Crippen molar-refractivity contribution in [1.82, 2.24) is 14.8 Å². The van der Waals surface area contributed by atoms with Crippen molar-refractivity contribution in [2.24, 2.45) is 0 Å². The number of anilines is 1. The van der Waals surface area contributed by atoms with Gasteiger partial charge >= 0.3 is 0 Å². The van der Waals surface area contributed by atoms with Crippen LogP contribution in [0.25, 0.3) is 0 Å². The predicted molar refractivity (Wildman–Crippen MR) is 79.3 cm³/mol. The summed E-state index contributed by atoms with van der Waals surface area (Å²) in [7, 11) is 0. The minimum Gasteiger partial charge on any atom is -0.380 e. The number of nitrogens with one attached hydrogen (secondary N) is 1. The first-order chi connectivity index (χ1) is 10.3. The lowest BCUT2D eigenvalue weighted by Gasteiger charge is -2.03. The first-order valence-electron chi connectivity index (χ1n) is 6.70. The molecule has 5 heteroatoms. The Morgan fingerprint density at radius 1 is 1.00 bits per heavy atom. The van der Waals surface area contributed by atoms with Gasteiger partial charge in [-0.1, -0.05) is 30.3 Å². The second-order valence-corrected chi connectivity index (χ2v) is 4.75. The van der Waals surface area contributed by atoms with Crippen LogP contribution in [0.3, 0.4) is 0 Å². The van der Waals surface area contributed by atoms with E-state index in [1.54, 1.807) is 6.07 Å². The maximum absolute atomic E-state index is 12.7. The summed E-state index contributed by atoms with van der Waals surface area (Å²) in [6.07, 6.45) is 5.30. The number of rotatable bonds is 5. The van der Waals surface area contributed by atoms with Crippen LogP contribution in [0.1, 0.15) is 11.1 Å². The molecule has 0 radical (unpaired) electrons. The first kappa shape index (κ1) is 13.3. The van der Waals surface area contributed by atoms with E-state index >= 15 is 0 Å². The van der Waals surface area contributed by atoms with Gasteiger partial charge in [0.2, 0.25) is 5.95 Å². The molecule has 0 aliphatic rings. The van der Waals surface area contributed by atoms with E-state index in [1.165, 1.54) is 17.8 Å². The smallest absolute Gasteiger partial charge is 0.212 e. The van der Waals surface area contributed by atoms with Gasteiger partial charge in [-0.2, -0.15) is 9.49 Å². The van der Waals surface area contributed by atoms with Crippen molar-refractivity contribution in [3.8, 4) is 0 Å². The molecule has 0 spiro atoms. The fraction of sp³-hybridized carbons (Fsp3) is 0.125. The number of pyridine rings is 1.